The van der Waals surface area contributed by atoms with Gasteiger partial charge in [0.1, 0.15) is 0 Å². The van der Waals surface area contributed by atoms with Crippen LogP contribution >= 0.6 is 0 Å². The van der Waals surface area contributed by atoms with Gasteiger partial charge in [0.15, 0.2) is 0 Å². The van der Waals surface area contributed by atoms with E-state index in [-0.39, 0.29) is 0 Å². The van der Waals surface area contributed by atoms with Crippen LogP contribution in [-0.2, 0) is 0 Å². The number of fused-ring (bicyclic) bond motifs is 1. The van der Waals surface area contributed by atoms with Crippen LogP contribution in [0.25, 0.3) is 0 Å². The molecule has 1 N–H and O–H groups in total. The summed E-state index contributed by atoms with van der Waals surface area (Å²) in [6.45, 7) is 0.961. The molecule has 2 rings (SSSR count). The highest BCUT2D eigenvalue weighted by Gasteiger charge is 2.14. The Hall–Kier alpha value is -1.05. The molecule has 2 heterocycles. The number of rotatable bonds is 0. The topological polar surface area (TPSA) is 24.4 Å². The van der Waals surface area contributed by atoms with E-state index in [1.165, 1.54) is 5.57 Å². The fraction of sp³-hybridized carbons (Fsp3) is 0.375. The van der Waals surface area contributed by atoms with Gasteiger partial charge in [0, 0.05) is 12.8 Å². The number of nitrogens with zero attached hydrogens (tertiary/aromatic N) is 1. The molecule has 0 aromatic rings. The second-order valence-electron chi connectivity index (χ2n) is 2.57. The number of hydrogen-bond donors (Lipinski definition) is 1. The Morgan fingerprint density at radius 2 is 2.60 bits per heavy atom. The molecule has 0 aromatic carbocycles. The Labute approximate surface area is 60.3 Å². The van der Waals surface area contributed by atoms with Gasteiger partial charge in [0.05, 0.1) is 6.04 Å². The average molecular weight is 134 g/mol. The van der Waals surface area contributed by atoms with Crippen molar-refractivity contribution in [3.8, 4) is 0 Å². The maximum absolute atomic E-state index is 4.19. The van der Waals surface area contributed by atoms with Crippen LogP contribution < -0.4 is 5.32 Å². The Morgan fingerprint density at radius 3 is 3.50 bits per heavy atom. The Balaban J connectivity index is 2.27. The standard InChI is InChI=1S/C8H10N2/c1-2-7-6-9-5-3-8(7)10-4-1/h1-2,4,6,8,10H,3,5H2. The van der Waals surface area contributed by atoms with Crippen LogP contribution in [0.2, 0.25) is 0 Å². The number of hydrogen-bond acceptors (Lipinski definition) is 2. The van der Waals surface area contributed by atoms with E-state index in [9.17, 15) is 0 Å². The van der Waals surface area contributed by atoms with Crippen molar-refractivity contribution in [2.75, 3.05) is 6.54 Å². The molecule has 52 valence electrons. The van der Waals surface area contributed by atoms with Crippen molar-refractivity contribution in [3.05, 3.63) is 23.9 Å². The molecule has 2 aliphatic rings. The van der Waals surface area contributed by atoms with E-state index in [0.29, 0.717) is 6.04 Å². The monoisotopic (exact) mass is 134 g/mol. The zero-order valence-electron chi connectivity index (χ0n) is 5.75. The SMILES string of the molecule is C1=CNC2CCN=CC2=C1. The van der Waals surface area contributed by atoms with Crippen LogP contribution in [0.4, 0.5) is 0 Å². The van der Waals surface area contributed by atoms with E-state index in [4.69, 9.17) is 0 Å². The first-order chi connectivity index (χ1) is 4.97. The fourth-order valence-electron chi connectivity index (χ4n) is 1.30. The van der Waals surface area contributed by atoms with Crippen LogP contribution in [0.15, 0.2) is 28.9 Å². The molecule has 0 bridgehead atoms. The highest BCUT2D eigenvalue weighted by Crippen LogP contribution is 2.12. The molecule has 0 aromatic heterocycles. The van der Waals surface area contributed by atoms with Gasteiger partial charge in [-0.15, -0.1) is 0 Å². The van der Waals surface area contributed by atoms with E-state index in [2.05, 4.69) is 16.4 Å². The smallest absolute Gasteiger partial charge is 0.0541 e. The van der Waals surface area contributed by atoms with Crippen molar-refractivity contribution in [3.63, 3.8) is 0 Å². The van der Waals surface area contributed by atoms with Crippen molar-refractivity contribution in [2.45, 2.75) is 12.5 Å². The molecule has 0 aliphatic carbocycles. The predicted molar refractivity (Wildman–Crippen MR) is 42.1 cm³/mol. The molecule has 2 nitrogen and oxygen atoms in total. The molecule has 2 heteroatoms. The molecule has 10 heavy (non-hydrogen) atoms. The highest BCUT2D eigenvalue weighted by molar-refractivity contribution is 5.82. The van der Waals surface area contributed by atoms with Gasteiger partial charge in [-0.25, -0.2) is 0 Å². The summed E-state index contributed by atoms with van der Waals surface area (Å²) in [5.41, 5.74) is 1.31. The largest absolute Gasteiger partial charge is 0.384 e. The maximum atomic E-state index is 4.19. The minimum absolute atomic E-state index is 0.530. The molecule has 0 fully saturated rings. The first-order valence-electron chi connectivity index (χ1n) is 3.59. The third kappa shape index (κ3) is 0.856. The van der Waals surface area contributed by atoms with Gasteiger partial charge in [-0.1, -0.05) is 6.08 Å². The van der Waals surface area contributed by atoms with Gasteiger partial charge >= 0.3 is 0 Å². The van der Waals surface area contributed by atoms with E-state index in [0.717, 1.165) is 13.0 Å². The molecule has 0 spiro atoms. The van der Waals surface area contributed by atoms with Crippen molar-refractivity contribution in [1.29, 1.82) is 0 Å². The van der Waals surface area contributed by atoms with Crippen molar-refractivity contribution < 1.29 is 0 Å². The van der Waals surface area contributed by atoms with Gasteiger partial charge in [-0.3, -0.25) is 4.99 Å². The molecular formula is C8H10N2. The summed E-state index contributed by atoms with van der Waals surface area (Å²) < 4.78 is 0. The van der Waals surface area contributed by atoms with Gasteiger partial charge in [-0.05, 0) is 24.3 Å². The summed E-state index contributed by atoms with van der Waals surface area (Å²) >= 11 is 0. The highest BCUT2D eigenvalue weighted by atomic mass is 14.9. The third-order valence-electron chi connectivity index (χ3n) is 1.87. The van der Waals surface area contributed by atoms with Gasteiger partial charge in [0.2, 0.25) is 0 Å². The van der Waals surface area contributed by atoms with Gasteiger partial charge in [0.25, 0.3) is 0 Å². The lowest BCUT2D eigenvalue weighted by atomic mass is 10.0. The van der Waals surface area contributed by atoms with Crippen LogP contribution in [0, 0.1) is 0 Å². The van der Waals surface area contributed by atoms with Crippen LogP contribution in [-0.4, -0.2) is 18.8 Å². The first-order valence-corrected chi connectivity index (χ1v) is 3.59. The summed E-state index contributed by atoms with van der Waals surface area (Å²) in [6, 6.07) is 0.530. The van der Waals surface area contributed by atoms with Crippen molar-refractivity contribution >= 4 is 6.21 Å². The minimum atomic E-state index is 0.530. The molecule has 0 saturated heterocycles. The maximum Gasteiger partial charge on any atom is 0.0541 e. The third-order valence-corrected chi connectivity index (χ3v) is 1.87. The Morgan fingerprint density at radius 1 is 1.60 bits per heavy atom. The van der Waals surface area contributed by atoms with Crippen LogP contribution in [0.3, 0.4) is 0 Å². The normalized spacial score (nSPS) is 28.8. The predicted octanol–water partition coefficient (Wildman–Crippen LogP) is 0.873. The van der Waals surface area contributed by atoms with E-state index >= 15 is 0 Å². The lowest BCUT2D eigenvalue weighted by molar-refractivity contribution is 0.617. The zero-order valence-corrected chi connectivity index (χ0v) is 5.75. The fourth-order valence-corrected chi connectivity index (χ4v) is 1.30. The van der Waals surface area contributed by atoms with E-state index < -0.39 is 0 Å². The Bertz CT molecular complexity index is 213. The quantitative estimate of drug-likeness (QED) is 0.522. The van der Waals surface area contributed by atoms with Gasteiger partial charge in [-0.2, -0.15) is 0 Å². The number of allylic oxidation sites excluding steroid dienone is 2. The number of nitrogens with one attached hydrogen (secondary N) is 1. The second kappa shape index (κ2) is 2.29. The van der Waals surface area contributed by atoms with E-state index in [1.807, 2.05) is 18.5 Å². The average Bonchev–Trinajstić information content (AvgIpc) is 2.05. The lowest BCUT2D eigenvalue weighted by Gasteiger charge is -2.22. The minimum Gasteiger partial charge on any atom is -0.384 e. The number of dihydropyridines is 1. The molecular weight excluding hydrogens is 124 g/mol. The molecule has 1 unspecified atom stereocenters. The van der Waals surface area contributed by atoms with Gasteiger partial charge < -0.3 is 5.32 Å². The molecule has 0 radical (unpaired) electrons. The lowest BCUT2D eigenvalue weighted by Crippen LogP contribution is -2.32. The zero-order chi connectivity index (χ0) is 6.81. The summed E-state index contributed by atoms with van der Waals surface area (Å²) in [6.07, 6.45) is 9.22. The Kier molecular flexibility index (Phi) is 1.31. The summed E-state index contributed by atoms with van der Waals surface area (Å²) in [5.74, 6) is 0. The first kappa shape index (κ1) is 5.71. The van der Waals surface area contributed by atoms with E-state index in [1.54, 1.807) is 0 Å². The number of aliphatic imine (C=N–C) groups is 1. The van der Waals surface area contributed by atoms with Crippen molar-refractivity contribution in [1.82, 2.24) is 5.32 Å². The molecule has 0 saturated carbocycles. The molecule has 2 aliphatic heterocycles. The van der Waals surface area contributed by atoms with Crippen LogP contribution in [0.5, 0.6) is 0 Å². The molecule has 0 amide bonds. The molecule has 1 atom stereocenters. The second-order valence-corrected chi connectivity index (χ2v) is 2.57. The van der Waals surface area contributed by atoms with Crippen molar-refractivity contribution in [2.24, 2.45) is 4.99 Å². The summed E-state index contributed by atoms with van der Waals surface area (Å²) in [4.78, 5) is 4.19. The summed E-state index contributed by atoms with van der Waals surface area (Å²) in [5, 5.41) is 3.28. The van der Waals surface area contributed by atoms with Crippen LogP contribution in [0.1, 0.15) is 6.42 Å². The summed E-state index contributed by atoms with van der Waals surface area (Å²) in [7, 11) is 0.